The number of aliphatic hydroxyl groups is 1. The van der Waals surface area contributed by atoms with Gasteiger partial charge in [-0.1, -0.05) is 30.0 Å². The average molecular weight is 488 g/mol. The second-order valence-electron chi connectivity index (χ2n) is 8.16. The number of carbonyl (C=O) groups excluding carboxylic acids is 2. The van der Waals surface area contributed by atoms with Gasteiger partial charge in [0.25, 0.3) is 5.91 Å². The zero-order chi connectivity index (χ0) is 25.5. The van der Waals surface area contributed by atoms with Crippen LogP contribution in [-0.2, 0) is 9.53 Å². The van der Waals surface area contributed by atoms with E-state index in [9.17, 15) is 14.7 Å². The van der Waals surface area contributed by atoms with Crippen LogP contribution in [0, 0.1) is 11.8 Å². The van der Waals surface area contributed by atoms with E-state index < -0.39 is 11.5 Å². The normalized spacial score (nSPS) is 15.4. The molecule has 2 amide bonds. The lowest BCUT2D eigenvalue weighted by Crippen LogP contribution is -2.48. The Balaban J connectivity index is 0.000000174. The first-order chi connectivity index (χ1) is 17.3. The molecule has 0 radical (unpaired) electrons. The van der Waals surface area contributed by atoms with Gasteiger partial charge in [0, 0.05) is 24.9 Å². The number of primary amides is 1. The number of anilines is 1. The molecule has 0 unspecified atom stereocenters. The molecule has 9 nitrogen and oxygen atoms in total. The highest BCUT2D eigenvalue weighted by atomic mass is 16.5. The molecule has 0 spiro atoms. The molecule has 1 saturated heterocycles. The third-order valence-electron chi connectivity index (χ3n) is 5.35. The number of para-hydroxylation sites is 1. The van der Waals surface area contributed by atoms with Gasteiger partial charge >= 0.3 is 0 Å². The molecule has 2 aliphatic rings. The topological polar surface area (TPSA) is 124 Å². The lowest BCUT2D eigenvalue weighted by Gasteiger charge is -2.30. The second kappa shape index (κ2) is 10.9. The Morgan fingerprint density at radius 3 is 2.61 bits per heavy atom. The van der Waals surface area contributed by atoms with Gasteiger partial charge in [-0.3, -0.25) is 14.6 Å². The smallest absolute Gasteiger partial charge is 0.267 e. The summed E-state index contributed by atoms with van der Waals surface area (Å²) in [7, 11) is 1.73. The predicted octanol–water partition coefficient (Wildman–Crippen LogP) is 2.52. The van der Waals surface area contributed by atoms with E-state index in [4.69, 9.17) is 19.9 Å². The maximum atomic E-state index is 11.7. The molecular formula is C27H25N3O6. The van der Waals surface area contributed by atoms with Crippen molar-refractivity contribution in [3.63, 3.8) is 0 Å². The lowest BCUT2D eigenvalue weighted by molar-refractivity contribution is -0.140. The van der Waals surface area contributed by atoms with E-state index in [2.05, 4.69) is 16.8 Å². The highest BCUT2D eigenvalue weighted by Crippen LogP contribution is 2.31. The van der Waals surface area contributed by atoms with Gasteiger partial charge in [0.15, 0.2) is 5.60 Å². The predicted molar refractivity (Wildman–Crippen MR) is 132 cm³/mol. The zero-order valence-corrected chi connectivity index (χ0v) is 19.6. The van der Waals surface area contributed by atoms with E-state index in [0.29, 0.717) is 30.3 Å². The molecule has 1 fully saturated rings. The minimum atomic E-state index is -1.03. The number of nitrogens with two attached hydrogens (primary N) is 1. The Bertz CT molecular complexity index is 1310. The fourth-order valence-electron chi connectivity index (χ4n) is 3.33. The molecule has 5 rings (SSSR count). The number of hydrogen-bond acceptors (Lipinski definition) is 7. The summed E-state index contributed by atoms with van der Waals surface area (Å²) in [4.78, 5) is 28.1. The van der Waals surface area contributed by atoms with Crippen LogP contribution >= 0.6 is 0 Å². The summed E-state index contributed by atoms with van der Waals surface area (Å²) in [6.45, 7) is 0.863. The van der Waals surface area contributed by atoms with Crippen LogP contribution in [0.1, 0.15) is 22.5 Å². The maximum Gasteiger partial charge on any atom is 0.267 e. The molecule has 184 valence electrons. The van der Waals surface area contributed by atoms with Crippen molar-refractivity contribution >= 4 is 17.5 Å². The number of fused-ring (bicyclic) bond motifs is 1. The van der Waals surface area contributed by atoms with E-state index in [1.165, 1.54) is 12.3 Å². The number of amides is 2. The van der Waals surface area contributed by atoms with Crippen molar-refractivity contribution in [3.05, 3.63) is 78.1 Å². The van der Waals surface area contributed by atoms with Crippen molar-refractivity contribution in [3.8, 4) is 29.1 Å². The van der Waals surface area contributed by atoms with Gasteiger partial charge in [0.05, 0.1) is 31.9 Å². The van der Waals surface area contributed by atoms with Crippen molar-refractivity contribution in [2.24, 2.45) is 5.73 Å². The Morgan fingerprint density at radius 1 is 1.14 bits per heavy atom. The van der Waals surface area contributed by atoms with Gasteiger partial charge < -0.3 is 30.0 Å². The van der Waals surface area contributed by atoms with Crippen molar-refractivity contribution in [2.45, 2.75) is 12.0 Å². The number of hydrogen-bond donors (Lipinski definition) is 2. The van der Waals surface area contributed by atoms with Crippen molar-refractivity contribution < 1.29 is 28.9 Å². The van der Waals surface area contributed by atoms with Crippen LogP contribution in [0.25, 0.3) is 0 Å². The number of rotatable bonds is 3. The van der Waals surface area contributed by atoms with Crippen LogP contribution in [0.2, 0.25) is 0 Å². The van der Waals surface area contributed by atoms with E-state index >= 15 is 0 Å². The second-order valence-corrected chi connectivity index (χ2v) is 8.16. The van der Waals surface area contributed by atoms with E-state index in [-0.39, 0.29) is 24.8 Å². The van der Waals surface area contributed by atoms with Crippen molar-refractivity contribution in [1.29, 1.82) is 0 Å². The van der Waals surface area contributed by atoms with Gasteiger partial charge in [-0.25, -0.2) is 0 Å². The van der Waals surface area contributed by atoms with Crippen LogP contribution in [-0.4, -0.2) is 54.4 Å². The number of nitrogens with zero attached hydrogens (tertiary/aromatic N) is 2. The summed E-state index contributed by atoms with van der Waals surface area (Å²) < 4.78 is 16.0. The quantitative estimate of drug-likeness (QED) is 0.544. The number of pyridine rings is 1. The summed E-state index contributed by atoms with van der Waals surface area (Å²) in [5.41, 5.74) is 5.76. The maximum absolute atomic E-state index is 11.7. The zero-order valence-electron chi connectivity index (χ0n) is 19.6. The standard InChI is InChI=1S/C15H15NO4.C12H10N2O2/c1-16-12-3-2-11(4-6-15(18)9-19-10-15)8-13(12)20-7-5-14(16)17;13-12(15)11-8-10(6-7-14-11)16-9-4-2-1-3-5-9/h2-3,8,18H,5,7,9-10H2,1H3;1-8H,(H2,13,15). The molecule has 3 N–H and O–H groups in total. The van der Waals surface area contributed by atoms with Gasteiger partial charge in [-0.05, 0) is 36.4 Å². The summed E-state index contributed by atoms with van der Waals surface area (Å²) in [6, 6.07) is 17.9. The molecule has 3 aromatic rings. The Labute approximate surface area is 208 Å². The van der Waals surface area contributed by atoms with Gasteiger partial charge in [0.2, 0.25) is 5.91 Å². The molecular weight excluding hydrogens is 462 g/mol. The lowest BCUT2D eigenvalue weighted by atomic mass is 10.0. The molecule has 36 heavy (non-hydrogen) atoms. The molecule has 0 atom stereocenters. The summed E-state index contributed by atoms with van der Waals surface area (Å²) in [5.74, 6) is 7.06. The minimum Gasteiger partial charge on any atom is -0.491 e. The van der Waals surface area contributed by atoms with Crippen LogP contribution in [0.5, 0.6) is 17.2 Å². The average Bonchev–Trinajstić information content (AvgIpc) is 3.00. The summed E-state index contributed by atoms with van der Waals surface area (Å²) in [6.07, 6.45) is 1.85. The highest BCUT2D eigenvalue weighted by Gasteiger charge is 2.33. The minimum absolute atomic E-state index is 0.0310. The SMILES string of the molecule is CN1C(=O)CCOc2cc(C#CC3(O)COC3)ccc21.NC(=O)c1cc(Oc2ccccc2)ccn1. The monoisotopic (exact) mass is 487 g/mol. The largest absolute Gasteiger partial charge is 0.491 e. The molecule has 0 bridgehead atoms. The number of benzene rings is 2. The van der Waals surface area contributed by atoms with Crippen molar-refractivity contribution in [1.82, 2.24) is 4.98 Å². The van der Waals surface area contributed by atoms with Crippen LogP contribution < -0.4 is 20.1 Å². The third kappa shape index (κ3) is 6.18. The van der Waals surface area contributed by atoms with E-state index in [1.54, 1.807) is 24.1 Å². The molecule has 1 aromatic heterocycles. The first-order valence-corrected chi connectivity index (χ1v) is 11.2. The molecule has 2 aliphatic heterocycles. The van der Waals surface area contributed by atoms with Gasteiger partial charge in [0.1, 0.15) is 22.9 Å². The summed E-state index contributed by atoms with van der Waals surface area (Å²) >= 11 is 0. The number of carbonyl (C=O) groups is 2. The molecule has 0 aliphatic carbocycles. The number of ether oxygens (including phenoxy) is 3. The van der Waals surface area contributed by atoms with Gasteiger partial charge in [-0.15, -0.1) is 0 Å². The third-order valence-corrected chi connectivity index (χ3v) is 5.35. The fraction of sp³-hybridized carbons (Fsp3) is 0.222. The number of aromatic nitrogens is 1. The van der Waals surface area contributed by atoms with E-state index in [1.807, 2.05) is 42.5 Å². The van der Waals surface area contributed by atoms with E-state index in [0.717, 1.165) is 11.3 Å². The first-order valence-electron chi connectivity index (χ1n) is 11.2. The summed E-state index contributed by atoms with van der Waals surface area (Å²) in [5, 5.41) is 9.85. The molecule has 0 saturated carbocycles. The van der Waals surface area contributed by atoms with Crippen LogP contribution in [0.4, 0.5) is 5.69 Å². The molecule has 3 heterocycles. The van der Waals surface area contributed by atoms with Crippen molar-refractivity contribution in [2.75, 3.05) is 31.8 Å². The highest BCUT2D eigenvalue weighted by molar-refractivity contribution is 5.95. The molecule has 2 aromatic carbocycles. The Hall–Kier alpha value is -4.39. The van der Waals surface area contributed by atoms with Gasteiger partial charge in [-0.2, -0.15) is 0 Å². The Kier molecular flexibility index (Phi) is 7.49. The fourth-order valence-corrected chi connectivity index (χ4v) is 3.33. The van der Waals surface area contributed by atoms with Crippen LogP contribution in [0.15, 0.2) is 66.9 Å². The first kappa shape index (κ1) is 24.7. The van der Waals surface area contributed by atoms with Crippen LogP contribution in [0.3, 0.4) is 0 Å². The molecule has 9 heteroatoms. The Morgan fingerprint density at radius 2 is 1.92 bits per heavy atom.